The Labute approximate surface area is 174 Å². The first-order chi connectivity index (χ1) is 14.2. The average molecular weight is 377 g/mol. The maximum Gasteiger partial charge on any atom is -0.0105 e. The summed E-state index contributed by atoms with van der Waals surface area (Å²) in [7, 11) is 0. The van der Waals surface area contributed by atoms with Gasteiger partial charge < -0.3 is 0 Å². The Hall–Kier alpha value is -3.38. The lowest BCUT2D eigenvalue weighted by atomic mass is 9.94. The molecule has 0 aliphatic carbocycles. The summed E-state index contributed by atoms with van der Waals surface area (Å²) < 4.78 is 0. The molecule has 3 rings (SSSR count). The van der Waals surface area contributed by atoms with Crippen molar-refractivity contribution in [3.63, 3.8) is 0 Å². The van der Waals surface area contributed by atoms with Crippen LogP contribution in [-0.2, 0) is 0 Å². The number of benzene rings is 3. The van der Waals surface area contributed by atoms with E-state index in [-0.39, 0.29) is 0 Å². The molecular formula is C29H28. The van der Waals surface area contributed by atoms with Gasteiger partial charge in [-0.2, -0.15) is 0 Å². The summed E-state index contributed by atoms with van der Waals surface area (Å²) in [6.45, 7) is 7.99. The number of allylic oxidation sites excluding steroid dienone is 5. The van der Waals surface area contributed by atoms with E-state index in [2.05, 4.69) is 124 Å². The van der Waals surface area contributed by atoms with Gasteiger partial charge in [-0.3, -0.25) is 0 Å². The second-order valence-electron chi connectivity index (χ2n) is 7.05. The van der Waals surface area contributed by atoms with Gasteiger partial charge in [0, 0.05) is 0 Å². The summed E-state index contributed by atoms with van der Waals surface area (Å²) in [5.74, 6) is 0. The molecule has 0 saturated carbocycles. The molecule has 0 aliphatic rings. The summed E-state index contributed by atoms with van der Waals surface area (Å²) in [4.78, 5) is 0. The minimum Gasteiger partial charge on any atom is -0.0988 e. The first kappa shape index (κ1) is 20.4. The molecule has 0 nitrogen and oxygen atoms in total. The lowest BCUT2D eigenvalue weighted by Gasteiger charge is -2.10. The molecule has 0 fully saturated rings. The summed E-state index contributed by atoms with van der Waals surface area (Å²) >= 11 is 0. The minimum absolute atomic E-state index is 0.932. The van der Waals surface area contributed by atoms with Crippen molar-refractivity contribution in [3.05, 3.63) is 120 Å². The van der Waals surface area contributed by atoms with Crippen LogP contribution in [0.1, 0.15) is 20.3 Å². The van der Waals surface area contributed by atoms with Gasteiger partial charge in [0.05, 0.1) is 0 Å². The Balaban J connectivity index is 2.18. The highest BCUT2D eigenvalue weighted by molar-refractivity contribution is 5.83. The van der Waals surface area contributed by atoms with Crippen LogP contribution < -0.4 is 10.4 Å². The first-order valence-corrected chi connectivity index (χ1v) is 10.1. The highest BCUT2D eigenvalue weighted by Gasteiger charge is 2.06. The Morgan fingerprint density at radius 1 is 0.828 bits per heavy atom. The predicted molar refractivity (Wildman–Crippen MR) is 129 cm³/mol. The van der Waals surface area contributed by atoms with E-state index in [1.807, 2.05) is 6.08 Å². The van der Waals surface area contributed by atoms with Crippen LogP contribution in [0.2, 0.25) is 0 Å². The molecule has 0 amide bonds. The Morgan fingerprint density at radius 3 is 2.21 bits per heavy atom. The predicted octanol–water partition coefficient (Wildman–Crippen LogP) is 6.68. The van der Waals surface area contributed by atoms with E-state index in [9.17, 15) is 0 Å². The highest BCUT2D eigenvalue weighted by atomic mass is 14.1. The molecular weight excluding hydrogens is 348 g/mol. The van der Waals surface area contributed by atoms with Crippen LogP contribution in [0.15, 0.2) is 109 Å². The Morgan fingerprint density at radius 2 is 1.52 bits per heavy atom. The van der Waals surface area contributed by atoms with E-state index in [4.69, 9.17) is 0 Å². The van der Waals surface area contributed by atoms with E-state index < -0.39 is 0 Å². The molecule has 0 atom stereocenters. The van der Waals surface area contributed by atoms with Gasteiger partial charge in [0.25, 0.3) is 0 Å². The van der Waals surface area contributed by atoms with E-state index in [0.717, 1.165) is 12.0 Å². The van der Waals surface area contributed by atoms with Crippen molar-refractivity contribution in [2.24, 2.45) is 0 Å². The van der Waals surface area contributed by atoms with Crippen LogP contribution >= 0.6 is 0 Å². The molecule has 0 heteroatoms. The molecule has 0 heterocycles. The second-order valence-corrected chi connectivity index (χ2v) is 7.05. The van der Waals surface area contributed by atoms with Gasteiger partial charge in [0.1, 0.15) is 0 Å². The monoisotopic (exact) mass is 376 g/mol. The molecule has 0 unspecified atom stereocenters. The van der Waals surface area contributed by atoms with Crippen LogP contribution in [0.25, 0.3) is 34.4 Å². The first-order valence-electron chi connectivity index (χ1n) is 10.1. The summed E-state index contributed by atoms with van der Waals surface area (Å²) in [5, 5.41) is 2.47. The molecule has 0 radical (unpaired) electrons. The number of hydrogen-bond donors (Lipinski definition) is 0. The SMILES string of the molecule is C=C/C(C)=C/C=c1\cc(-c2ccccc2-c2ccccc2)cc\c1=C/C/C=C\C. The van der Waals surface area contributed by atoms with Crippen LogP contribution in [0.4, 0.5) is 0 Å². The van der Waals surface area contributed by atoms with Crippen LogP contribution in [0.5, 0.6) is 0 Å². The third kappa shape index (κ3) is 5.33. The molecule has 3 aromatic rings. The zero-order valence-electron chi connectivity index (χ0n) is 17.3. The minimum atomic E-state index is 0.932. The number of hydrogen-bond acceptors (Lipinski definition) is 0. The lowest BCUT2D eigenvalue weighted by Crippen LogP contribution is -2.24. The van der Waals surface area contributed by atoms with Gasteiger partial charge in [0.15, 0.2) is 0 Å². The van der Waals surface area contributed by atoms with Crippen molar-refractivity contribution in [2.45, 2.75) is 20.3 Å². The van der Waals surface area contributed by atoms with Gasteiger partial charge in [-0.25, -0.2) is 0 Å². The fourth-order valence-electron chi connectivity index (χ4n) is 3.30. The molecule has 0 saturated heterocycles. The average Bonchev–Trinajstić information content (AvgIpc) is 2.78. The molecule has 0 aromatic heterocycles. The molecule has 0 bridgehead atoms. The normalized spacial score (nSPS) is 13.2. The third-order valence-electron chi connectivity index (χ3n) is 4.97. The zero-order valence-corrected chi connectivity index (χ0v) is 17.3. The van der Waals surface area contributed by atoms with Crippen molar-refractivity contribution in [1.29, 1.82) is 0 Å². The molecule has 29 heavy (non-hydrogen) atoms. The van der Waals surface area contributed by atoms with Crippen LogP contribution in [-0.4, -0.2) is 0 Å². The fraction of sp³-hybridized carbons (Fsp3) is 0.103. The molecule has 0 N–H and O–H groups in total. The van der Waals surface area contributed by atoms with Crippen molar-refractivity contribution in [3.8, 4) is 22.3 Å². The van der Waals surface area contributed by atoms with Gasteiger partial charge in [-0.05, 0) is 59.0 Å². The van der Waals surface area contributed by atoms with Crippen LogP contribution in [0, 0.1) is 0 Å². The molecule has 144 valence electrons. The van der Waals surface area contributed by atoms with Gasteiger partial charge >= 0.3 is 0 Å². The fourth-order valence-corrected chi connectivity index (χ4v) is 3.30. The van der Waals surface area contributed by atoms with Crippen molar-refractivity contribution >= 4 is 12.2 Å². The standard InChI is InChI=1S/C29H28/c1-4-6-8-13-24-20-21-27(22-26(24)19-18-23(3)5-2)29-17-12-11-16-28(29)25-14-9-7-10-15-25/h4-7,9-22H,2,8H2,1,3H3/b6-4-,23-18+,24-13+,26-19+. The quantitative estimate of drug-likeness (QED) is 0.332. The maximum atomic E-state index is 3.86. The summed E-state index contributed by atoms with van der Waals surface area (Å²) in [6.07, 6.45) is 13.7. The molecule has 0 spiro atoms. The van der Waals surface area contributed by atoms with Gasteiger partial charge in [0.2, 0.25) is 0 Å². The van der Waals surface area contributed by atoms with E-state index in [1.54, 1.807) is 0 Å². The van der Waals surface area contributed by atoms with Gasteiger partial charge in [-0.1, -0.05) is 115 Å². The molecule has 3 aromatic carbocycles. The smallest absolute Gasteiger partial charge is 0.0105 e. The lowest BCUT2D eigenvalue weighted by molar-refractivity contribution is 1.41. The largest absolute Gasteiger partial charge is 0.0988 e. The van der Waals surface area contributed by atoms with Crippen molar-refractivity contribution in [1.82, 2.24) is 0 Å². The van der Waals surface area contributed by atoms with Gasteiger partial charge in [-0.15, -0.1) is 0 Å². The Kier molecular flexibility index (Phi) is 7.19. The van der Waals surface area contributed by atoms with Crippen molar-refractivity contribution < 1.29 is 0 Å². The maximum absolute atomic E-state index is 3.86. The Bertz CT molecular complexity index is 1140. The van der Waals surface area contributed by atoms with Crippen molar-refractivity contribution in [2.75, 3.05) is 0 Å². The number of rotatable bonds is 6. The van der Waals surface area contributed by atoms with E-state index in [1.165, 1.54) is 32.7 Å². The van der Waals surface area contributed by atoms with E-state index >= 15 is 0 Å². The topological polar surface area (TPSA) is 0 Å². The molecule has 0 aliphatic heterocycles. The van der Waals surface area contributed by atoms with E-state index in [0.29, 0.717) is 0 Å². The third-order valence-corrected chi connectivity index (χ3v) is 4.97. The second kappa shape index (κ2) is 10.2. The van der Waals surface area contributed by atoms with Crippen LogP contribution in [0.3, 0.4) is 0 Å². The summed E-state index contributed by atoms with van der Waals surface area (Å²) in [6, 6.07) is 25.9. The zero-order chi connectivity index (χ0) is 20.5. The highest BCUT2D eigenvalue weighted by Crippen LogP contribution is 2.30. The summed E-state index contributed by atoms with van der Waals surface area (Å²) in [5.41, 5.74) is 6.11.